The molecule has 2 aromatic heterocycles. The standard InChI is InChI=1S/C45H34N4/c1-3-11-35-36-12-5-8-15-42(36)48(40(35)4-2)41-25-23-33(27-34(41)29-47)31-19-21-32(22-20-31)39-26-30(28-46)18-24-45(39)49-43-16-9-6-13-37(43)38-14-7-10-17-44(38)49/h3-6,8-13,15-17,19-23,25-27H,2,7,14,18,24H2,1H3/b11-3-. The van der Waals surface area contributed by atoms with Crippen molar-refractivity contribution >= 4 is 51.3 Å². The van der Waals surface area contributed by atoms with E-state index in [-0.39, 0.29) is 0 Å². The van der Waals surface area contributed by atoms with E-state index in [1.165, 1.54) is 27.9 Å². The zero-order chi connectivity index (χ0) is 33.5. The molecule has 0 aliphatic heterocycles. The molecule has 4 aromatic carbocycles. The third-order valence-corrected chi connectivity index (χ3v) is 9.90. The van der Waals surface area contributed by atoms with Crippen LogP contribution in [0.2, 0.25) is 0 Å². The molecule has 0 radical (unpaired) electrons. The average molecular weight is 631 g/mol. The molecule has 2 aliphatic carbocycles. The van der Waals surface area contributed by atoms with Crippen molar-refractivity contribution in [3.05, 3.63) is 155 Å². The van der Waals surface area contributed by atoms with Crippen LogP contribution in [-0.2, 0) is 6.42 Å². The molecule has 0 saturated heterocycles. The number of aryl methyl sites for hydroxylation is 1. The predicted molar refractivity (Wildman–Crippen MR) is 204 cm³/mol. The van der Waals surface area contributed by atoms with Gasteiger partial charge in [-0.05, 0) is 97.4 Å². The molecule has 0 amide bonds. The highest BCUT2D eigenvalue weighted by molar-refractivity contribution is 5.99. The molecule has 2 heterocycles. The summed E-state index contributed by atoms with van der Waals surface area (Å²) in [6, 6.07) is 36.5. The van der Waals surface area contributed by atoms with Crippen molar-refractivity contribution < 1.29 is 0 Å². The summed E-state index contributed by atoms with van der Waals surface area (Å²) < 4.78 is 4.56. The van der Waals surface area contributed by atoms with Crippen molar-refractivity contribution in [2.24, 2.45) is 0 Å². The number of nitriles is 2. The second kappa shape index (κ2) is 12.3. The lowest BCUT2D eigenvalue weighted by Crippen LogP contribution is -2.08. The third kappa shape index (κ3) is 4.89. The first-order valence-electron chi connectivity index (χ1n) is 16.8. The molecule has 4 nitrogen and oxygen atoms in total. The SMILES string of the molecule is C=Cc1c(/C=C\C)c2ccccc2n1-c1ccc(-c2ccc(C3=C(n4c5c(c6ccccc64)CCC=C5)CCC(C#N)=C3)cc2)cc1C#N. The molecule has 0 N–H and O–H groups in total. The van der Waals surface area contributed by atoms with Gasteiger partial charge >= 0.3 is 0 Å². The molecular weight excluding hydrogens is 597 g/mol. The highest BCUT2D eigenvalue weighted by Crippen LogP contribution is 2.41. The van der Waals surface area contributed by atoms with Crippen LogP contribution in [-0.4, -0.2) is 9.13 Å². The molecule has 6 aromatic rings. The van der Waals surface area contributed by atoms with Crippen LogP contribution in [0.25, 0.3) is 68.1 Å². The van der Waals surface area contributed by atoms with Gasteiger partial charge < -0.3 is 9.13 Å². The average Bonchev–Trinajstić information content (AvgIpc) is 3.67. The maximum absolute atomic E-state index is 10.4. The number of fused-ring (bicyclic) bond motifs is 4. The number of allylic oxidation sites excluding steroid dienone is 6. The quantitative estimate of drug-likeness (QED) is 0.184. The van der Waals surface area contributed by atoms with Crippen LogP contribution in [0.3, 0.4) is 0 Å². The van der Waals surface area contributed by atoms with Gasteiger partial charge in [0.25, 0.3) is 0 Å². The molecule has 0 unspecified atom stereocenters. The number of benzene rings is 4. The first-order valence-corrected chi connectivity index (χ1v) is 16.8. The number of rotatable bonds is 6. The number of hydrogen-bond donors (Lipinski definition) is 0. The molecule has 2 aliphatic rings. The van der Waals surface area contributed by atoms with Gasteiger partial charge in [-0.25, -0.2) is 0 Å². The molecule has 0 fully saturated rings. The van der Waals surface area contributed by atoms with E-state index in [0.717, 1.165) is 81.4 Å². The minimum absolute atomic E-state index is 0.591. The highest BCUT2D eigenvalue weighted by atomic mass is 15.0. The van der Waals surface area contributed by atoms with E-state index in [4.69, 9.17) is 0 Å². The van der Waals surface area contributed by atoms with Gasteiger partial charge in [0.15, 0.2) is 0 Å². The minimum Gasteiger partial charge on any atom is -0.313 e. The normalized spacial score (nSPS) is 14.2. The number of para-hydroxylation sites is 2. The number of hydrogen-bond acceptors (Lipinski definition) is 2. The Bertz CT molecular complexity index is 2530. The Hall–Kier alpha value is -6.36. The topological polar surface area (TPSA) is 57.4 Å². The summed E-state index contributed by atoms with van der Waals surface area (Å²) in [4.78, 5) is 0. The smallest absolute Gasteiger partial charge is 0.101 e. The van der Waals surface area contributed by atoms with Crippen molar-refractivity contribution in [3.8, 4) is 29.0 Å². The summed E-state index contributed by atoms with van der Waals surface area (Å²) in [6.45, 7) is 6.13. The van der Waals surface area contributed by atoms with E-state index < -0.39 is 0 Å². The summed E-state index contributed by atoms with van der Waals surface area (Å²) in [5.41, 5.74) is 14.5. The van der Waals surface area contributed by atoms with Gasteiger partial charge in [-0.3, -0.25) is 0 Å². The predicted octanol–water partition coefficient (Wildman–Crippen LogP) is 11.4. The monoisotopic (exact) mass is 630 g/mol. The Balaban J connectivity index is 1.23. The molecule has 0 saturated carbocycles. The van der Waals surface area contributed by atoms with Crippen LogP contribution in [0.15, 0.2) is 121 Å². The maximum Gasteiger partial charge on any atom is 0.101 e. The molecule has 4 heteroatoms. The van der Waals surface area contributed by atoms with Gasteiger partial charge in [0.05, 0.1) is 34.0 Å². The lowest BCUT2D eigenvalue weighted by atomic mass is 9.90. The van der Waals surface area contributed by atoms with Crippen LogP contribution in [0, 0.1) is 22.7 Å². The Morgan fingerprint density at radius 2 is 1.47 bits per heavy atom. The molecule has 0 spiro atoms. The third-order valence-electron chi connectivity index (χ3n) is 9.90. The van der Waals surface area contributed by atoms with Crippen molar-refractivity contribution in [3.63, 3.8) is 0 Å². The van der Waals surface area contributed by atoms with Gasteiger partial charge in [0, 0.05) is 38.9 Å². The molecule has 234 valence electrons. The first-order chi connectivity index (χ1) is 24.1. The molecule has 8 rings (SSSR count). The summed E-state index contributed by atoms with van der Waals surface area (Å²) in [6.07, 6.45) is 16.2. The zero-order valence-corrected chi connectivity index (χ0v) is 27.4. The fourth-order valence-electron chi connectivity index (χ4n) is 7.70. The van der Waals surface area contributed by atoms with Crippen molar-refractivity contribution in [2.75, 3.05) is 0 Å². The van der Waals surface area contributed by atoms with Gasteiger partial charge in [-0.15, -0.1) is 0 Å². The van der Waals surface area contributed by atoms with E-state index >= 15 is 0 Å². The minimum atomic E-state index is 0.591. The highest BCUT2D eigenvalue weighted by Gasteiger charge is 2.24. The second-order valence-corrected chi connectivity index (χ2v) is 12.6. The van der Waals surface area contributed by atoms with Gasteiger partial charge in [-0.1, -0.05) is 91.5 Å². The molecule has 0 atom stereocenters. The lowest BCUT2D eigenvalue weighted by molar-refractivity contribution is 0.918. The fourth-order valence-corrected chi connectivity index (χ4v) is 7.70. The van der Waals surface area contributed by atoms with Crippen LogP contribution in [0.1, 0.15) is 59.8 Å². The van der Waals surface area contributed by atoms with Crippen molar-refractivity contribution in [2.45, 2.75) is 32.6 Å². The second-order valence-electron chi connectivity index (χ2n) is 12.6. The number of nitrogens with zero attached hydrogens (tertiary/aromatic N) is 4. The Labute approximate surface area is 286 Å². The molecule has 0 bridgehead atoms. The van der Waals surface area contributed by atoms with Crippen molar-refractivity contribution in [1.82, 2.24) is 9.13 Å². The van der Waals surface area contributed by atoms with Crippen LogP contribution in [0.5, 0.6) is 0 Å². The van der Waals surface area contributed by atoms with Crippen molar-refractivity contribution in [1.29, 1.82) is 10.5 Å². The van der Waals surface area contributed by atoms with E-state index in [0.29, 0.717) is 5.56 Å². The van der Waals surface area contributed by atoms with Crippen LogP contribution in [0.4, 0.5) is 0 Å². The molecular formula is C45H34N4. The largest absolute Gasteiger partial charge is 0.313 e. The van der Waals surface area contributed by atoms with Crippen LogP contribution >= 0.6 is 0 Å². The van der Waals surface area contributed by atoms with Crippen LogP contribution < -0.4 is 0 Å². The van der Waals surface area contributed by atoms with Gasteiger partial charge in [0.2, 0.25) is 0 Å². The van der Waals surface area contributed by atoms with Gasteiger partial charge in [0.1, 0.15) is 6.07 Å². The summed E-state index contributed by atoms with van der Waals surface area (Å²) in [7, 11) is 0. The molecule has 49 heavy (non-hydrogen) atoms. The summed E-state index contributed by atoms with van der Waals surface area (Å²) >= 11 is 0. The number of aromatic nitrogens is 2. The van der Waals surface area contributed by atoms with E-state index in [9.17, 15) is 10.5 Å². The summed E-state index contributed by atoms with van der Waals surface area (Å²) in [5.74, 6) is 0. The first kappa shape index (κ1) is 30.0. The Morgan fingerprint density at radius 3 is 2.20 bits per heavy atom. The van der Waals surface area contributed by atoms with Gasteiger partial charge in [-0.2, -0.15) is 10.5 Å². The summed E-state index contributed by atoms with van der Waals surface area (Å²) in [5, 5.41) is 22.7. The fraction of sp³-hybridized carbons (Fsp3) is 0.111. The lowest BCUT2D eigenvalue weighted by Gasteiger charge is -2.23. The van der Waals surface area contributed by atoms with E-state index in [1.54, 1.807) is 0 Å². The zero-order valence-electron chi connectivity index (χ0n) is 27.4. The van der Waals surface area contributed by atoms with E-state index in [2.05, 4.69) is 119 Å². The Kier molecular flexibility index (Phi) is 7.56. The maximum atomic E-state index is 10.4. The van der Waals surface area contributed by atoms with E-state index in [1.807, 2.05) is 43.3 Å². The Morgan fingerprint density at radius 1 is 0.755 bits per heavy atom.